The third-order valence-corrected chi connectivity index (χ3v) is 3.09. The summed E-state index contributed by atoms with van der Waals surface area (Å²) in [6.07, 6.45) is -0.865. The smallest absolute Gasteiger partial charge is 0.118 e. The molecule has 0 saturated carbocycles. The first-order valence-corrected chi connectivity index (χ1v) is 5.79. The van der Waals surface area contributed by atoms with Crippen LogP contribution < -0.4 is 4.74 Å². The van der Waals surface area contributed by atoms with Crippen LogP contribution in [-0.4, -0.2) is 37.6 Å². The third kappa shape index (κ3) is 2.96. The van der Waals surface area contributed by atoms with Gasteiger partial charge in [0.25, 0.3) is 0 Å². The topological polar surface area (TPSA) is 21.7 Å². The predicted molar refractivity (Wildman–Crippen MR) is 63.7 cm³/mol. The average molecular weight is 239 g/mol. The molecule has 0 aromatic heterocycles. The summed E-state index contributed by atoms with van der Waals surface area (Å²) >= 11 is 0. The predicted octanol–water partition coefficient (Wildman–Crippen LogP) is 2.21. The van der Waals surface area contributed by atoms with Gasteiger partial charge in [0.15, 0.2) is 0 Å². The van der Waals surface area contributed by atoms with Gasteiger partial charge >= 0.3 is 0 Å². The van der Waals surface area contributed by atoms with Crippen LogP contribution in [0.25, 0.3) is 0 Å². The molecule has 1 saturated heterocycles. The number of hydrogen-bond acceptors (Lipinski definition) is 3. The van der Waals surface area contributed by atoms with Crippen molar-refractivity contribution in [3.8, 4) is 5.75 Å². The van der Waals surface area contributed by atoms with Gasteiger partial charge in [0.05, 0.1) is 26.5 Å². The molecule has 1 aliphatic rings. The Morgan fingerprint density at radius 2 is 2.18 bits per heavy atom. The number of benzene rings is 1. The first kappa shape index (κ1) is 12.3. The van der Waals surface area contributed by atoms with Crippen LogP contribution in [0.1, 0.15) is 12.5 Å². The van der Waals surface area contributed by atoms with Crippen molar-refractivity contribution in [2.24, 2.45) is 0 Å². The molecule has 0 aliphatic carbocycles. The SMILES string of the molecule is COc1ccc(CN2COC[C@@H]2C(C)F)cc1. The van der Waals surface area contributed by atoms with Crippen LogP contribution in [0.2, 0.25) is 0 Å². The standard InChI is InChI=1S/C13H18FNO2/c1-10(14)13-8-17-9-15(13)7-11-3-5-12(16-2)6-4-11/h3-6,10,13H,7-9H2,1-2H3/t10?,13-/m1/s1. The van der Waals surface area contributed by atoms with Gasteiger partial charge in [-0.25, -0.2) is 4.39 Å². The van der Waals surface area contributed by atoms with E-state index >= 15 is 0 Å². The number of methoxy groups -OCH3 is 1. The van der Waals surface area contributed by atoms with E-state index in [4.69, 9.17) is 9.47 Å². The fraction of sp³-hybridized carbons (Fsp3) is 0.538. The van der Waals surface area contributed by atoms with Crippen molar-refractivity contribution in [2.45, 2.75) is 25.7 Å². The van der Waals surface area contributed by atoms with Crippen LogP contribution in [-0.2, 0) is 11.3 Å². The minimum absolute atomic E-state index is 0.128. The van der Waals surface area contributed by atoms with Crippen LogP contribution in [0.3, 0.4) is 0 Å². The van der Waals surface area contributed by atoms with E-state index in [0.717, 1.165) is 11.3 Å². The molecule has 94 valence electrons. The van der Waals surface area contributed by atoms with Gasteiger partial charge in [0.2, 0.25) is 0 Å². The lowest BCUT2D eigenvalue weighted by molar-refractivity contribution is 0.125. The van der Waals surface area contributed by atoms with E-state index in [-0.39, 0.29) is 6.04 Å². The molecular weight excluding hydrogens is 221 g/mol. The Balaban J connectivity index is 1.99. The summed E-state index contributed by atoms with van der Waals surface area (Å²) in [6.45, 7) is 3.28. The Morgan fingerprint density at radius 3 is 2.76 bits per heavy atom. The molecule has 0 amide bonds. The molecule has 1 fully saturated rings. The van der Waals surface area contributed by atoms with Crippen molar-refractivity contribution in [1.82, 2.24) is 4.90 Å². The summed E-state index contributed by atoms with van der Waals surface area (Å²) in [5, 5.41) is 0. The zero-order valence-electron chi connectivity index (χ0n) is 10.2. The highest BCUT2D eigenvalue weighted by Gasteiger charge is 2.29. The maximum absolute atomic E-state index is 13.3. The Morgan fingerprint density at radius 1 is 1.47 bits per heavy atom. The minimum Gasteiger partial charge on any atom is -0.497 e. The Bertz CT molecular complexity index is 353. The maximum Gasteiger partial charge on any atom is 0.118 e. The third-order valence-electron chi connectivity index (χ3n) is 3.09. The Kier molecular flexibility index (Phi) is 3.97. The van der Waals surface area contributed by atoms with Gasteiger partial charge in [-0.05, 0) is 24.6 Å². The van der Waals surface area contributed by atoms with Crippen LogP contribution >= 0.6 is 0 Å². The summed E-state index contributed by atoms with van der Waals surface area (Å²) < 4.78 is 23.7. The fourth-order valence-electron chi connectivity index (χ4n) is 2.04. The number of halogens is 1. The van der Waals surface area contributed by atoms with Crippen LogP contribution in [0, 0.1) is 0 Å². The van der Waals surface area contributed by atoms with Crippen molar-refractivity contribution >= 4 is 0 Å². The lowest BCUT2D eigenvalue weighted by Gasteiger charge is -2.23. The van der Waals surface area contributed by atoms with E-state index in [9.17, 15) is 4.39 Å². The normalized spacial score (nSPS) is 22.6. The van der Waals surface area contributed by atoms with Crippen molar-refractivity contribution < 1.29 is 13.9 Å². The summed E-state index contributed by atoms with van der Waals surface area (Å²) in [5.74, 6) is 0.835. The van der Waals surface area contributed by atoms with Crippen LogP contribution in [0.4, 0.5) is 4.39 Å². The number of nitrogens with zero attached hydrogens (tertiary/aromatic N) is 1. The molecule has 0 radical (unpaired) electrons. The van der Waals surface area contributed by atoms with Crippen LogP contribution in [0.5, 0.6) is 5.75 Å². The molecule has 3 nitrogen and oxygen atoms in total. The molecule has 0 N–H and O–H groups in total. The van der Waals surface area contributed by atoms with Crippen molar-refractivity contribution in [3.05, 3.63) is 29.8 Å². The van der Waals surface area contributed by atoms with E-state index in [0.29, 0.717) is 19.9 Å². The zero-order valence-corrected chi connectivity index (χ0v) is 10.2. The molecule has 17 heavy (non-hydrogen) atoms. The van der Waals surface area contributed by atoms with E-state index in [1.165, 1.54) is 0 Å². The number of hydrogen-bond donors (Lipinski definition) is 0. The largest absolute Gasteiger partial charge is 0.497 e. The average Bonchev–Trinajstić information content (AvgIpc) is 2.78. The molecule has 2 atom stereocenters. The molecule has 1 aliphatic heterocycles. The molecule has 1 heterocycles. The minimum atomic E-state index is -0.865. The van der Waals surface area contributed by atoms with Crippen molar-refractivity contribution in [3.63, 3.8) is 0 Å². The van der Waals surface area contributed by atoms with Gasteiger partial charge in [-0.2, -0.15) is 0 Å². The maximum atomic E-state index is 13.3. The molecule has 1 aromatic carbocycles. The van der Waals surface area contributed by atoms with Crippen molar-refractivity contribution in [2.75, 3.05) is 20.4 Å². The van der Waals surface area contributed by atoms with E-state index < -0.39 is 6.17 Å². The highest BCUT2D eigenvalue weighted by atomic mass is 19.1. The second-order valence-electron chi connectivity index (χ2n) is 4.34. The number of rotatable bonds is 4. The van der Waals surface area contributed by atoms with Gasteiger partial charge in [-0.15, -0.1) is 0 Å². The second-order valence-corrected chi connectivity index (χ2v) is 4.34. The highest BCUT2D eigenvalue weighted by molar-refractivity contribution is 5.27. The first-order chi connectivity index (χ1) is 8.20. The molecular formula is C13H18FNO2. The first-order valence-electron chi connectivity index (χ1n) is 5.79. The molecule has 0 spiro atoms. The van der Waals surface area contributed by atoms with Gasteiger partial charge in [0, 0.05) is 6.54 Å². The molecule has 1 unspecified atom stereocenters. The number of ether oxygens (including phenoxy) is 2. The van der Waals surface area contributed by atoms with E-state index in [1.807, 2.05) is 29.2 Å². The van der Waals surface area contributed by atoms with E-state index in [2.05, 4.69) is 0 Å². The quantitative estimate of drug-likeness (QED) is 0.804. The van der Waals surface area contributed by atoms with Gasteiger partial charge in [0.1, 0.15) is 11.9 Å². The second kappa shape index (κ2) is 5.47. The molecule has 1 aromatic rings. The van der Waals surface area contributed by atoms with E-state index in [1.54, 1.807) is 14.0 Å². The lowest BCUT2D eigenvalue weighted by atomic mass is 10.1. The monoisotopic (exact) mass is 239 g/mol. The fourth-order valence-corrected chi connectivity index (χ4v) is 2.04. The van der Waals surface area contributed by atoms with Crippen molar-refractivity contribution in [1.29, 1.82) is 0 Å². The summed E-state index contributed by atoms with van der Waals surface area (Å²) in [4.78, 5) is 2.02. The van der Waals surface area contributed by atoms with Gasteiger partial charge < -0.3 is 9.47 Å². The lowest BCUT2D eigenvalue weighted by Crippen LogP contribution is -2.36. The zero-order chi connectivity index (χ0) is 12.3. The Labute approximate surface area is 101 Å². The summed E-state index contributed by atoms with van der Waals surface area (Å²) in [7, 11) is 1.64. The molecule has 0 bridgehead atoms. The highest BCUT2D eigenvalue weighted by Crippen LogP contribution is 2.20. The summed E-state index contributed by atoms with van der Waals surface area (Å²) in [6, 6.07) is 7.70. The van der Waals surface area contributed by atoms with Crippen LogP contribution in [0.15, 0.2) is 24.3 Å². The molecule has 2 rings (SSSR count). The van der Waals surface area contributed by atoms with Gasteiger partial charge in [-0.1, -0.05) is 12.1 Å². The molecule has 4 heteroatoms. The Hall–Kier alpha value is -1.13. The van der Waals surface area contributed by atoms with Gasteiger partial charge in [-0.3, -0.25) is 4.90 Å². The number of alkyl halides is 1. The summed E-state index contributed by atoms with van der Waals surface area (Å²) in [5.41, 5.74) is 1.14.